The molecule has 50 heavy (non-hydrogen) atoms. The third-order valence-corrected chi connectivity index (χ3v) is 7.04. The second-order valence-electron chi connectivity index (χ2n) is 10.7. The molecule has 0 aliphatic heterocycles. The minimum atomic E-state index is 0.139. The number of methoxy groups -OCH3 is 3. The Morgan fingerprint density at radius 2 is 1.26 bits per heavy atom. The number of aromatic hydroxyl groups is 1. The van der Waals surface area contributed by atoms with E-state index in [1.54, 1.807) is 24.3 Å². The van der Waals surface area contributed by atoms with E-state index in [1.807, 2.05) is 60.7 Å². The third-order valence-electron chi connectivity index (χ3n) is 7.04. The predicted molar refractivity (Wildman–Crippen MR) is 190 cm³/mol. The molecule has 0 unspecified atom stereocenters. The Bertz CT molecular complexity index is 1910. The summed E-state index contributed by atoms with van der Waals surface area (Å²) in [4.78, 5) is 26.1. The zero-order chi connectivity index (χ0) is 35.3. The van der Waals surface area contributed by atoms with Gasteiger partial charge in [0, 0.05) is 19.0 Å². The molecule has 0 atom stereocenters. The summed E-state index contributed by atoms with van der Waals surface area (Å²) in [6, 6.07) is 25.6. The average Bonchev–Trinajstić information content (AvgIpc) is 3.12. The molecule has 5 rings (SSSR count). The monoisotopic (exact) mass is 678 g/mol. The van der Waals surface area contributed by atoms with E-state index in [4.69, 9.17) is 30.4 Å². The lowest BCUT2D eigenvalue weighted by Crippen LogP contribution is -2.24. The minimum absolute atomic E-state index is 0.139. The predicted octanol–water partition coefficient (Wildman–Crippen LogP) is 4.28. The van der Waals surface area contributed by atoms with Crippen molar-refractivity contribution in [3.05, 3.63) is 107 Å². The highest BCUT2D eigenvalue weighted by Crippen LogP contribution is 2.25. The Hall–Kier alpha value is -6.64. The van der Waals surface area contributed by atoms with Crippen molar-refractivity contribution in [1.29, 1.82) is 0 Å². The number of hydrogen-bond donors (Lipinski definition) is 5. The van der Waals surface area contributed by atoms with Crippen molar-refractivity contribution >= 4 is 23.8 Å². The molecule has 0 radical (unpaired) electrons. The molecular formula is C35H38N10O5. The van der Waals surface area contributed by atoms with Crippen molar-refractivity contribution in [2.45, 2.75) is 19.4 Å². The number of phenolic OH excluding ortho intramolecular Hbond substituents is 1. The maximum Gasteiger partial charge on any atom is 0.236 e. The summed E-state index contributed by atoms with van der Waals surface area (Å²) in [6.45, 7) is 0.777. The van der Waals surface area contributed by atoms with Gasteiger partial charge in [-0.15, -0.1) is 0 Å². The third kappa shape index (κ3) is 10.4. The van der Waals surface area contributed by atoms with Crippen LogP contribution in [0, 0.1) is 0 Å². The Labute approximate surface area is 289 Å². The van der Waals surface area contributed by atoms with Crippen molar-refractivity contribution in [2.24, 2.45) is 21.5 Å². The second kappa shape index (κ2) is 17.0. The normalized spacial score (nSPS) is 11.5. The summed E-state index contributed by atoms with van der Waals surface area (Å²) < 4.78 is 21.8. The van der Waals surface area contributed by atoms with Gasteiger partial charge in [-0.1, -0.05) is 36.4 Å². The number of aromatic nitrogens is 4. The smallest absolute Gasteiger partial charge is 0.236 e. The molecule has 5 aromatic rings. The van der Waals surface area contributed by atoms with E-state index < -0.39 is 0 Å². The first-order valence-corrected chi connectivity index (χ1v) is 15.4. The van der Waals surface area contributed by atoms with Gasteiger partial charge in [0.1, 0.15) is 17.2 Å². The van der Waals surface area contributed by atoms with E-state index in [0.717, 1.165) is 16.7 Å². The summed E-state index contributed by atoms with van der Waals surface area (Å²) in [5, 5.41) is 15.2. The number of nitrogens with two attached hydrogens (primary N) is 2. The van der Waals surface area contributed by atoms with Gasteiger partial charge >= 0.3 is 0 Å². The van der Waals surface area contributed by atoms with E-state index in [9.17, 15) is 5.11 Å². The van der Waals surface area contributed by atoms with Crippen LogP contribution in [0.1, 0.15) is 22.4 Å². The fourth-order valence-corrected chi connectivity index (χ4v) is 4.57. The van der Waals surface area contributed by atoms with Crippen molar-refractivity contribution in [3.63, 3.8) is 0 Å². The van der Waals surface area contributed by atoms with Gasteiger partial charge in [-0.2, -0.15) is 15.0 Å². The summed E-state index contributed by atoms with van der Waals surface area (Å²) in [5.74, 6) is 3.39. The number of aliphatic imine (C=N–C) groups is 2. The lowest BCUT2D eigenvalue weighted by atomic mass is 10.1. The van der Waals surface area contributed by atoms with Crippen LogP contribution in [0.25, 0.3) is 0 Å². The van der Waals surface area contributed by atoms with Crippen LogP contribution in [-0.4, -0.2) is 64.8 Å². The molecule has 15 heteroatoms. The minimum Gasteiger partial charge on any atom is -0.508 e. The molecule has 0 saturated heterocycles. The number of nitrogens with zero attached hydrogens (tertiary/aromatic N) is 6. The van der Waals surface area contributed by atoms with Gasteiger partial charge in [-0.3, -0.25) is 15.6 Å². The molecule has 0 aliphatic rings. The van der Waals surface area contributed by atoms with Crippen LogP contribution < -0.4 is 41.0 Å². The Morgan fingerprint density at radius 1 is 0.660 bits per heavy atom. The van der Waals surface area contributed by atoms with Crippen molar-refractivity contribution in [1.82, 2.24) is 19.9 Å². The topological polar surface area (TPSA) is 210 Å². The second-order valence-corrected chi connectivity index (χ2v) is 10.7. The average molecular weight is 679 g/mol. The Morgan fingerprint density at radius 3 is 1.92 bits per heavy atom. The van der Waals surface area contributed by atoms with Crippen LogP contribution in [-0.2, 0) is 19.4 Å². The van der Waals surface area contributed by atoms with Gasteiger partial charge in [0.25, 0.3) is 0 Å². The van der Waals surface area contributed by atoms with Gasteiger partial charge in [-0.05, 0) is 59.5 Å². The van der Waals surface area contributed by atoms with Crippen molar-refractivity contribution in [3.8, 4) is 34.9 Å². The Balaban J connectivity index is 1.16. The van der Waals surface area contributed by atoms with E-state index in [-0.39, 0.29) is 29.6 Å². The van der Waals surface area contributed by atoms with Crippen LogP contribution in [0.3, 0.4) is 0 Å². The van der Waals surface area contributed by atoms with Crippen molar-refractivity contribution < 1.29 is 24.1 Å². The lowest BCUT2D eigenvalue weighted by Gasteiger charge is -2.11. The first kappa shape index (κ1) is 34.7. The molecule has 0 spiro atoms. The summed E-state index contributed by atoms with van der Waals surface area (Å²) >= 11 is 0. The summed E-state index contributed by atoms with van der Waals surface area (Å²) in [6.07, 6.45) is 1.15. The number of hydrogen-bond acceptors (Lipinski definition) is 11. The van der Waals surface area contributed by atoms with E-state index >= 15 is 0 Å². The molecule has 0 saturated carbocycles. The van der Waals surface area contributed by atoms with E-state index in [0.29, 0.717) is 60.8 Å². The number of nitrogens with one attached hydrogen (secondary N) is 2. The quantitative estimate of drug-likeness (QED) is 0.0822. The van der Waals surface area contributed by atoms with Gasteiger partial charge in [-0.25, -0.2) is 9.98 Å². The highest BCUT2D eigenvalue weighted by Gasteiger charge is 2.10. The molecule has 3 aromatic carbocycles. The van der Waals surface area contributed by atoms with E-state index in [2.05, 4.69) is 40.6 Å². The molecule has 0 fully saturated rings. The molecule has 2 heterocycles. The molecule has 2 aromatic heterocycles. The molecular weight excluding hydrogens is 640 g/mol. The summed E-state index contributed by atoms with van der Waals surface area (Å²) in [7, 11) is 4.54. The molecule has 0 amide bonds. The van der Waals surface area contributed by atoms with Crippen LogP contribution in [0.2, 0.25) is 0 Å². The number of ether oxygens (including phenoxy) is 4. The number of anilines is 2. The molecule has 7 N–H and O–H groups in total. The lowest BCUT2D eigenvalue weighted by molar-refractivity contribution is 0.373. The van der Waals surface area contributed by atoms with Gasteiger partial charge in [0.15, 0.2) is 11.9 Å². The Kier molecular flexibility index (Phi) is 11.8. The number of phenols is 1. The highest BCUT2D eigenvalue weighted by molar-refractivity contribution is 5.91. The van der Waals surface area contributed by atoms with Crippen LogP contribution >= 0.6 is 0 Å². The first-order valence-electron chi connectivity index (χ1n) is 15.4. The first-order chi connectivity index (χ1) is 24.3. The maximum atomic E-state index is 9.45. The van der Waals surface area contributed by atoms with Crippen LogP contribution in [0.5, 0.6) is 34.9 Å². The van der Waals surface area contributed by atoms with E-state index in [1.165, 1.54) is 21.3 Å². The van der Waals surface area contributed by atoms with Crippen LogP contribution in [0.15, 0.2) is 94.9 Å². The van der Waals surface area contributed by atoms with Gasteiger partial charge in [0.2, 0.25) is 29.5 Å². The fraction of sp³-hybridized carbons (Fsp3) is 0.200. The molecule has 0 bridgehead atoms. The summed E-state index contributed by atoms with van der Waals surface area (Å²) in [5.41, 5.74) is 15.8. The van der Waals surface area contributed by atoms with Crippen molar-refractivity contribution in [2.75, 3.05) is 38.5 Å². The molecule has 0 aliphatic carbocycles. The SMILES string of the molecule is COc1cc(Cc2cccc(Oc3ccc(CN=C(N)Nc4nc(OC)cc(OC)n4)cc3)c2)nc(NC(N)=NCCc2ccc(O)cc2)n1. The molecule has 258 valence electrons. The molecule has 15 nitrogen and oxygen atoms in total. The van der Waals surface area contributed by atoms with Gasteiger partial charge < -0.3 is 35.5 Å². The zero-order valence-electron chi connectivity index (χ0n) is 27.8. The fourth-order valence-electron chi connectivity index (χ4n) is 4.57. The van der Waals surface area contributed by atoms with Gasteiger partial charge in [0.05, 0.1) is 39.6 Å². The largest absolute Gasteiger partial charge is 0.508 e. The zero-order valence-corrected chi connectivity index (χ0v) is 27.8. The maximum absolute atomic E-state index is 9.45. The highest BCUT2D eigenvalue weighted by atomic mass is 16.5. The number of benzene rings is 3. The standard InChI is InChI=1S/C35H38N10O5/c1-47-29-19-25(40-34(41-29)44-32(36)38-16-15-22-7-11-26(46)12-8-22)17-24-5-4-6-28(18-24)50-27-13-9-23(10-14-27)21-39-33(37)45-35-42-30(48-2)20-31(43-35)49-3/h4-14,18-20,46H,15-17,21H2,1-3H3,(H3,36,38,40,41,44)(H3,37,39,42,43,45). The van der Waals surface area contributed by atoms with Crippen LogP contribution in [0.4, 0.5) is 11.9 Å². The number of guanidine groups is 2. The number of rotatable bonds is 14.